The first-order valence-electron chi connectivity index (χ1n) is 8.82. The van der Waals surface area contributed by atoms with Crippen LogP contribution in [0.1, 0.15) is 33.6 Å². The number of carbonyl (C=O) groups excluding carboxylic acids is 2. The number of piperidine rings is 1. The molecule has 1 heterocycles. The summed E-state index contributed by atoms with van der Waals surface area (Å²) >= 11 is 23.7. The minimum absolute atomic E-state index is 0.0585. The van der Waals surface area contributed by atoms with Crippen LogP contribution in [0, 0.1) is 5.92 Å². The maximum absolute atomic E-state index is 12.6. The van der Waals surface area contributed by atoms with Gasteiger partial charge in [0.1, 0.15) is 0 Å². The summed E-state index contributed by atoms with van der Waals surface area (Å²) in [6, 6.07) is 9.70. The molecule has 0 bridgehead atoms. The summed E-state index contributed by atoms with van der Waals surface area (Å²) in [6.07, 6.45) is 1.63. The summed E-state index contributed by atoms with van der Waals surface area (Å²) in [5, 5.41) is 4.49. The molecule has 0 atom stereocenters. The lowest BCUT2D eigenvalue weighted by Crippen LogP contribution is -2.41. The summed E-state index contributed by atoms with van der Waals surface area (Å²) in [6.45, 7) is 1.81. The maximum Gasteiger partial charge on any atom is 0.253 e. The molecule has 2 aromatic rings. The van der Waals surface area contributed by atoms with E-state index in [1.54, 1.807) is 41.3 Å². The molecule has 3 rings (SSSR count). The van der Waals surface area contributed by atoms with Gasteiger partial charge in [0.2, 0.25) is 0 Å². The van der Waals surface area contributed by atoms with Crippen molar-refractivity contribution < 1.29 is 9.59 Å². The highest BCUT2D eigenvalue weighted by Crippen LogP contribution is 2.25. The highest BCUT2D eigenvalue weighted by molar-refractivity contribution is 6.42. The number of amides is 2. The number of likely N-dealkylation sites (tertiary alicyclic amines) is 1. The fourth-order valence-corrected chi connectivity index (χ4v) is 3.72. The van der Waals surface area contributed by atoms with Gasteiger partial charge in [-0.15, -0.1) is 0 Å². The Morgan fingerprint density at radius 1 is 0.857 bits per heavy atom. The van der Waals surface area contributed by atoms with Gasteiger partial charge in [0.25, 0.3) is 11.8 Å². The third-order valence-corrected chi connectivity index (χ3v) is 6.28. The van der Waals surface area contributed by atoms with Crippen LogP contribution in [0.4, 0.5) is 0 Å². The van der Waals surface area contributed by atoms with Gasteiger partial charge in [0.05, 0.1) is 20.1 Å². The molecular weight excluding hydrogens is 442 g/mol. The monoisotopic (exact) mass is 458 g/mol. The van der Waals surface area contributed by atoms with Crippen molar-refractivity contribution in [3.05, 3.63) is 67.6 Å². The van der Waals surface area contributed by atoms with E-state index in [1.807, 2.05) is 0 Å². The summed E-state index contributed by atoms with van der Waals surface area (Å²) in [5.74, 6) is 0.0642. The third-order valence-electron chi connectivity index (χ3n) is 4.80. The normalized spacial score (nSPS) is 14.8. The zero-order valence-electron chi connectivity index (χ0n) is 14.9. The van der Waals surface area contributed by atoms with Crippen LogP contribution in [-0.2, 0) is 0 Å². The van der Waals surface area contributed by atoms with Gasteiger partial charge in [-0.25, -0.2) is 0 Å². The van der Waals surface area contributed by atoms with E-state index in [4.69, 9.17) is 46.4 Å². The van der Waals surface area contributed by atoms with Crippen LogP contribution in [0.15, 0.2) is 36.4 Å². The quantitative estimate of drug-likeness (QED) is 0.648. The molecule has 8 heteroatoms. The van der Waals surface area contributed by atoms with E-state index < -0.39 is 0 Å². The SMILES string of the molecule is O=C(NCC1CCN(C(=O)c2ccc(Cl)c(Cl)c2)CC1)c1ccc(Cl)c(Cl)c1. The largest absolute Gasteiger partial charge is 0.352 e. The van der Waals surface area contributed by atoms with E-state index in [9.17, 15) is 9.59 Å². The van der Waals surface area contributed by atoms with E-state index >= 15 is 0 Å². The second kappa shape index (κ2) is 9.36. The highest BCUT2D eigenvalue weighted by atomic mass is 35.5. The van der Waals surface area contributed by atoms with Crippen LogP contribution in [-0.4, -0.2) is 36.3 Å². The van der Waals surface area contributed by atoms with E-state index in [-0.39, 0.29) is 11.8 Å². The molecule has 2 aromatic carbocycles. The lowest BCUT2D eigenvalue weighted by atomic mass is 9.96. The minimum Gasteiger partial charge on any atom is -0.352 e. The van der Waals surface area contributed by atoms with E-state index in [1.165, 1.54) is 0 Å². The predicted octanol–water partition coefficient (Wildman–Crippen LogP) is 5.58. The first kappa shape index (κ1) is 21.3. The molecule has 1 saturated heterocycles. The molecule has 1 N–H and O–H groups in total. The molecule has 0 radical (unpaired) electrons. The Bertz CT molecular complexity index is 896. The number of nitrogens with zero attached hydrogens (tertiary/aromatic N) is 1. The molecule has 148 valence electrons. The van der Waals surface area contributed by atoms with E-state index in [2.05, 4.69) is 5.32 Å². The Labute approximate surface area is 183 Å². The summed E-state index contributed by atoms with van der Waals surface area (Å²) in [7, 11) is 0. The van der Waals surface area contributed by atoms with E-state index in [0.717, 1.165) is 12.8 Å². The Kier molecular flexibility index (Phi) is 7.10. The predicted molar refractivity (Wildman–Crippen MR) is 114 cm³/mol. The van der Waals surface area contributed by atoms with Gasteiger partial charge in [-0.05, 0) is 55.2 Å². The third kappa shape index (κ3) is 5.12. The Hall–Kier alpha value is -1.46. The second-order valence-electron chi connectivity index (χ2n) is 6.70. The van der Waals surface area contributed by atoms with Crippen molar-refractivity contribution in [3.8, 4) is 0 Å². The number of nitrogens with one attached hydrogen (secondary N) is 1. The molecule has 0 unspecified atom stereocenters. The van der Waals surface area contributed by atoms with Crippen LogP contribution in [0.5, 0.6) is 0 Å². The molecule has 28 heavy (non-hydrogen) atoms. The number of benzene rings is 2. The highest BCUT2D eigenvalue weighted by Gasteiger charge is 2.24. The standard InChI is InChI=1S/C20H18Cl4N2O2/c21-15-3-1-13(9-17(15)23)19(27)25-11-12-5-7-26(8-6-12)20(28)14-2-4-16(22)18(24)10-14/h1-4,9-10,12H,5-8,11H2,(H,25,27). The van der Waals surface area contributed by atoms with Gasteiger partial charge in [-0.2, -0.15) is 0 Å². The van der Waals surface area contributed by atoms with Crippen molar-refractivity contribution in [2.75, 3.05) is 19.6 Å². The van der Waals surface area contributed by atoms with E-state index in [0.29, 0.717) is 56.8 Å². The Balaban J connectivity index is 1.49. The van der Waals surface area contributed by atoms with Crippen molar-refractivity contribution in [2.24, 2.45) is 5.92 Å². The fraction of sp³-hybridized carbons (Fsp3) is 0.300. The first-order chi connectivity index (χ1) is 13.3. The van der Waals surface area contributed by atoms with Gasteiger partial charge < -0.3 is 10.2 Å². The number of halogens is 4. The van der Waals surface area contributed by atoms with Crippen LogP contribution in [0.2, 0.25) is 20.1 Å². The fourth-order valence-electron chi connectivity index (χ4n) is 3.13. The minimum atomic E-state index is -0.187. The van der Waals surface area contributed by atoms with Gasteiger partial charge in [-0.1, -0.05) is 46.4 Å². The number of hydrogen-bond donors (Lipinski definition) is 1. The number of rotatable bonds is 4. The Morgan fingerprint density at radius 3 is 1.96 bits per heavy atom. The van der Waals surface area contributed by atoms with Crippen molar-refractivity contribution in [1.29, 1.82) is 0 Å². The van der Waals surface area contributed by atoms with Crippen molar-refractivity contribution in [3.63, 3.8) is 0 Å². The van der Waals surface area contributed by atoms with Crippen molar-refractivity contribution >= 4 is 58.2 Å². The molecule has 0 aliphatic carbocycles. The lowest BCUT2D eigenvalue weighted by molar-refractivity contribution is 0.0684. The molecule has 0 aromatic heterocycles. The molecule has 1 aliphatic rings. The van der Waals surface area contributed by atoms with Gasteiger partial charge in [0, 0.05) is 30.8 Å². The second-order valence-corrected chi connectivity index (χ2v) is 8.33. The number of hydrogen-bond acceptors (Lipinski definition) is 2. The topological polar surface area (TPSA) is 49.4 Å². The van der Waals surface area contributed by atoms with Crippen LogP contribution in [0.3, 0.4) is 0 Å². The average molecular weight is 460 g/mol. The van der Waals surface area contributed by atoms with Crippen molar-refractivity contribution in [1.82, 2.24) is 10.2 Å². The van der Waals surface area contributed by atoms with Gasteiger partial charge >= 0.3 is 0 Å². The van der Waals surface area contributed by atoms with Crippen LogP contribution in [0.25, 0.3) is 0 Å². The van der Waals surface area contributed by atoms with Gasteiger partial charge in [-0.3, -0.25) is 9.59 Å². The van der Waals surface area contributed by atoms with Crippen LogP contribution < -0.4 is 5.32 Å². The molecule has 2 amide bonds. The first-order valence-corrected chi connectivity index (χ1v) is 10.3. The molecule has 0 spiro atoms. The lowest BCUT2D eigenvalue weighted by Gasteiger charge is -2.32. The number of carbonyl (C=O) groups is 2. The molecule has 1 fully saturated rings. The summed E-state index contributed by atoms with van der Waals surface area (Å²) in [4.78, 5) is 26.7. The van der Waals surface area contributed by atoms with Gasteiger partial charge in [0.15, 0.2) is 0 Å². The zero-order chi connectivity index (χ0) is 20.3. The molecule has 1 aliphatic heterocycles. The average Bonchev–Trinajstić information content (AvgIpc) is 2.70. The smallest absolute Gasteiger partial charge is 0.253 e. The molecule has 4 nitrogen and oxygen atoms in total. The summed E-state index contributed by atoms with van der Waals surface area (Å²) in [5.41, 5.74) is 1.00. The molecule has 0 saturated carbocycles. The summed E-state index contributed by atoms with van der Waals surface area (Å²) < 4.78 is 0. The maximum atomic E-state index is 12.6. The zero-order valence-corrected chi connectivity index (χ0v) is 17.9. The Morgan fingerprint density at radius 2 is 1.39 bits per heavy atom. The van der Waals surface area contributed by atoms with Crippen molar-refractivity contribution in [2.45, 2.75) is 12.8 Å². The van der Waals surface area contributed by atoms with Crippen LogP contribution >= 0.6 is 46.4 Å². The molecular formula is C20H18Cl4N2O2.